The maximum absolute atomic E-state index is 14.7. The zero-order chi connectivity index (χ0) is 23.4. The van der Waals surface area contributed by atoms with Crippen LogP contribution in [0.2, 0.25) is 0 Å². The molecule has 0 unspecified atom stereocenters. The molecule has 2 atom stereocenters. The molecule has 0 saturated heterocycles. The lowest BCUT2D eigenvalue weighted by molar-refractivity contribution is -0.0488. The number of aromatic nitrogens is 1. The SMILES string of the molecule is CCN1C(=O)c2c(O)c(=O)c(C(=O)NCc3ccc(F)cc3F)cn2[C@@H]2[C@H]1CCC2(F)F. The van der Waals surface area contributed by atoms with E-state index >= 15 is 0 Å². The molecule has 0 spiro atoms. The maximum Gasteiger partial charge on any atom is 0.274 e. The van der Waals surface area contributed by atoms with Crippen LogP contribution >= 0.6 is 0 Å². The van der Waals surface area contributed by atoms with E-state index in [0.717, 1.165) is 22.9 Å². The average Bonchev–Trinajstić information content (AvgIpc) is 3.04. The summed E-state index contributed by atoms with van der Waals surface area (Å²) in [5.41, 5.74) is -2.55. The minimum Gasteiger partial charge on any atom is -0.503 e. The molecule has 2 N–H and O–H groups in total. The maximum atomic E-state index is 14.7. The van der Waals surface area contributed by atoms with Crippen molar-refractivity contribution >= 4 is 11.8 Å². The molecule has 1 aliphatic heterocycles. The molecule has 7 nitrogen and oxygen atoms in total. The number of hydrogen-bond acceptors (Lipinski definition) is 4. The number of amides is 2. The summed E-state index contributed by atoms with van der Waals surface area (Å²) in [6, 6.07) is 0.291. The van der Waals surface area contributed by atoms with Crippen LogP contribution in [0, 0.1) is 11.6 Å². The van der Waals surface area contributed by atoms with Crippen LogP contribution in [0.5, 0.6) is 5.75 Å². The summed E-state index contributed by atoms with van der Waals surface area (Å²) in [5.74, 6) is -7.91. The number of likely N-dealkylation sites (N-methyl/N-ethyl adjacent to an activating group) is 1. The Labute approximate surface area is 179 Å². The van der Waals surface area contributed by atoms with Gasteiger partial charge in [-0.15, -0.1) is 0 Å². The molecule has 32 heavy (non-hydrogen) atoms. The number of alkyl halides is 2. The summed E-state index contributed by atoms with van der Waals surface area (Å²) < 4.78 is 57.1. The first-order valence-electron chi connectivity index (χ1n) is 9.95. The predicted molar refractivity (Wildman–Crippen MR) is 104 cm³/mol. The van der Waals surface area contributed by atoms with Crippen molar-refractivity contribution in [2.24, 2.45) is 0 Å². The van der Waals surface area contributed by atoms with Gasteiger partial charge in [0.2, 0.25) is 5.43 Å². The molecule has 1 fully saturated rings. The average molecular weight is 453 g/mol. The molecule has 1 saturated carbocycles. The summed E-state index contributed by atoms with van der Waals surface area (Å²) in [6.07, 6.45) is 0.369. The number of aromatic hydroxyl groups is 1. The number of carbonyl (C=O) groups is 2. The van der Waals surface area contributed by atoms with Crippen LogP contribution in [0.15, 0.2) is 29.2 Å². The fourth-order valence-corrected chi connectivity index (χ4v) is 4.46. The Morgan fingerprint density at radius 2 is 2.00 bits per heavy atom. The van der Waals surface area contributed by atoms with Crippen molar-refractivity contribution in [2.45, 2.75) is 44.3 Å². The van der Waals surface area contributed by atoms with Crippen LogP contribution in [0.1, 0.15) is 52.2 Å². The van der Waals surface area contributed by atoms with Gasteiger partial charge in [0.1, 0.15) is 23.2 Å². The van der Waals surface area contributed by atoms with Crippen LogP contribution in [0.4, 0.5) is 17.6 Å². The van der Waals surface area contributed by atoms with E-state index in [2.05, 4.69) is 5.32 Å². The van der Waals surface area contributed by atoms with Gasteiger partial charge < -0.3 is 19.9 Å². The minimum atomic E-state index is -3.24. The molecule has 1 aromatic heterocycles. The van der Waals surface area contributed by atoms with Gasteiger partial charge in [-0.25, -0.2) is 17.6 Å². The van der Waals surface area contributed by atoms with E-state index < -0.39 is 76.9 Å². The van der Waals surface area contributed by atoms with Gasteiger partial charge in [0.05, 0.1) is 6.04 Å². The van der Waals surface area contributed by atoms with Crippen molar-refractivity contribution in [1.29, 1.82) is 0 Å². The number of carbonyl (C=O) groups excluding carboxylic acids is 2. The van der Waals surface area contributed by atoms with Crippen LogP contribution in [0.25, 0.3) is 0 Å². The molecule has 1 aliphatic carbocycles. The van der Waals surface area contributed by atoms with Gasteiger partial charge in [-0.2, -0.15) is 0 Å². The predicted octanol–water partition coefficient (Wildman–Crippen LogP) is 2.58. The number of benzene rings is 1. The fourth-order valence-electron chi connectivity index (χ4n) is 4.46. The topological polar surface area (TPSA) is 91.6 Å². The lowest BCUT2D eigenvalue weighted by Crippen LogP contribution is -2.52. The van der Waals surface area contributed by atoms with Gasteiger partial charge >= 0.3 is 0 Å². The van der Waals surface area contributed by atoms with Crippen LogP contribution in [-0.2, 0) is 6.54 Å². The van der Waals surface area contributed by atoms with Crippen molar-refractivity contribution in [2.75, 3.05) is 6.54 Å². The second-order valence-electron chi connectivity index (χ2n) is 7.80. The molecule has 4 rings (SSSR count). The molecular formula is C21H19F4N3O4. The second kappa shape index (κ2) is 7.64. The third-order valence-electron chi connectivity index (χ3n) is 5.98. The first kappa shape index (κ1) is 21.8. The molecule has 2 aliphatic rings. The zero-order valence-corrected chi connectivity index (χ0v) is 16.9. The molecule has 0 radical (unpaired) electrons. The first-order valence-corrected chi connectivity index (χ1v) is 9.95. The number of fused-ring (bicyclic) bond motifs is 3. The van der Waals surface area contributed by atoms with Crippen molar-refractivity contribution in [3.63, 3.8) is 0 Å². The summed E-state index contributed by atoms with van der Waals surface area (Å²) in [4.78, 5) is 39.2. The van der Waals surface area contributed by atoms with Crippen molar-refractivity contribution < 1.29 is 32.3 Å². The number of pyridine rings is 1. The number of halogens is 4. The Balaban J connectivity index is 1.74. The van der Waals surface area contributed by atoms with Crippen molar-refractivity contribution in [3.05, 3.63) is 63.1 Å². The molecule has 1 aromatic carbocycles. The highest BCUT2D eigenvalue weighted by molar-refractivity contribution is 5.99. The van der Waals surface area contributed by atoms with Crippen molar-refractivity contribution in [1.82, 2.24) is 14.8 Å². The lowest BCUT2D eigenvalue weighted by atomic mass is 10.0. The highest BCUT2D eigenvalue weighted by Crippen LogP contribution is 2.49. The quantitative estimate of drug-likeness (QED) is 0.697. The highest BCUT2D eigenvalue weighted by atomic mass is 19.3. The van der Waals surface area contributed by atoms with E-state index in [9.17, 15) is 37.1 Å². The highest BCUT2D eigenvalue weighted by Gasteiger charge is 2.57. The third kappa shape index (κ3) is 3.32. The molecular weight excluding hydrogens is 434 g/mol. The Bertz CT molecular complexity index is 1180. The second-order valence-corrected chi connectivity index (χ2v) is 7.80. The van der Waals surface area contributed by atoms with Gasteiger partial charge in [-0.3, -0.25) is 14.4 Å². The molecule has 170 valence electrons. The Morgan fingerprint density at radius 1 is 1.28 bits per heavy atom. The number of hydrogen-bond donors (Lipinski definition) is 2. The fraction of sp³-hybridized carbons (Fsp3) is 0.381. The minimum absolute atomic E-state index is 0.0228. The number of nitrogens with zero attached hydrogens (tertiary/aromatic N) is 2. The van der Waals surface area contributed by atoms with E-state index in [4.69, 9.17) is 0 Å². The van der Waals surface area contributed by atoms with E-state index in [1.54, 1.807) is 6.92 Å². The van der Waals surface area contributed by atoms with E-state index in [0.29, 0.717) is 6.07 Å². The summed E-state index contributed by atoms with van der Waals surface area (Å²) in [7, 11) is 0. The zero-order valence-electron chi connectivity index (χ0n) is 16.9. The number of rotatable bonds is 4. The van der Waals surface area contributed by atoms with Crippen LogP contribution in [0.3, 0.4) is 0 Å². The molecule has 2 aromatic rings. The summed E-state index contributed by atoms with van der Waals surface area (Å²) in [6.45, 7) is 1.29. The summed E-state index contributed by atoms with van der Waals surface area (Å²) in [5, 5.41) is 12.7. The van der Waals surface area contributed by atoms with Crippen LogP contribution < -0.4 is 10.7 Å². The van der Waals surface area contributed by atoms with Gasteiger partial charge in [0.25, 0.3) is 17.7 Å². The van der Waals surface area contributed by atoms with Gasteiger partial charge in [0, 0.05) is 37.3 Å². The van der Waals surface area contributed by atoms with Gasteiger partial charge in [-0.05, 0) is 19.4 Å². The third-order valence-corrected chi connectivity index (χ3v) is 5.98. The van der Waals surface area contributed by atoms with Gasteiger partial charge in [0.15, 0.2) is 11.4 Å². The van der Waals surface area contributed by atoms with E-state index in [1.807, 2.05) is 0 Å². The molecule has 2 amide bonds. The Hall–Kier alpha value is -3.37. The normalized spacial score (nSPS) is 21.3. The molecule has 11 heteroatoms. The standard InChI is InChI=1S/C21H19F4N3O4/c1-2-27-14-5-6-21(24,25)18(14)28-9-12(16(29)17(30)15(28)20(27)32)19(31)26-8-10-3-4-11(22)7-13(10)23/h3-4,7,9,14,18,30H,2,5-6,8H2,1H3,(H,26,31)/t14-,18-/m1/s1. The summed E-state index contributed by atoms with van der Waals surface area (Å²) >= 11 is 0. The number of nitrogens with one attached hydrogen (secondary N) is 1. The van der Waals surface area contributed by atoms with E-state index in [-0.39, 0.29) is 18.5 Å². The van der Waals surface area contributed by atoms with Crippen LogP contribution in [-0.4, -0.2) is 44.9 Å². The Morgan fingerprint density at radius 3 is 2.66 bits per heavy atom. The van der Waals surface area contributed by atoms with Gasteiger partial charge in [-0.1, -0.05) is 6.07 Å². The van der Waals surface area contributed by atoms with E-state index in [1.165, 1.54) is 4.90 Å². The molecule has 0 bridgehead atoms. The first-order chi connectivity index (χ1) is 15.1. The Kier molecular flexibility index (Phi) is 5.22. The molecule has 2 heterocycles. The monoisotopic (exact) mass is 453 g/mol. The smallest absolute Gasteiger partial charge is 0.274 e. The lowest BCUT2D eigenvalue weighted by Gasteiger charge is -2.41. The largest absolute Gasteiger partial charge is 0.503 e. The van der Waals surface area contributed by atoms with Crippen molar-refractivity contribution in [3.8, 4) is 5.75 Å².